The summed E-state index contributed by atoms with van der Waals surface area (Å²) in [5.41, 5.74) is 5.32. The van der Waals surface area contributed by atoms with Gasteiger partial charge >= 0.3 is 0 Å². The molecule has 14 heavy (non-hydrogen) atoms. The van der Waals surface area contributed by atoms with E-state index < -0.39 is 0 Å². The molecule has 1 heterocycles. The molecule has 78 valence electrons. The monoisotopic (exact) mass is 232 g/mol. The normalized spacial score (nSPS) is 11.9. The number of hydrogen-bond donors (Lipinski definition) is 2. The van der Waals surface area contributed by atoms with Crippen LogP contribution in [0, 0.1) is 6.92 Å². The minimum absolute atomic E-state index is 0.277. The number of nitrogens with two attached hydrogens (primary N) is 1. The van der Waals surface area contributed by atoms with E-state index in [9.17, 15) is 0 Å². The average Bonchev–Trinajstić information content (AvgIpc) is 2.58. The van der Waals surface area contributed by atoms with Crippen LogP contribution in [0.25, 0.3) is 0 Å². The summed E-state index contributed by atoms with van der Waals surface area (Å²) in [5.74, 6) is 1.18. The van der Waals surface area contributed by atoms with E-state index in [1.807, 2.05) is 6.92 Å². The summed E-state index contributed by atoms with van der Waals surface area (Å²) in [7, 11) is 0. The van der Waals surface area contributed by atoms with Gasteiger partial charge in [-0.2, -0.15) is 0 Å². The highest BCUT2D eigenvalue weighted by Crippen LogP contribution is 2.22. The van der Waals surface area contributed by atoms with Gasteiger partial charge in [-0.3, -0.25) is 0 Å². The first kappa shape index (κ1) is 11.3. The quantitative estimate of drug-likeness (QED) is 0.200. The molecule has 0 saturated heterocycles. The van der Waals surface area contributed by atoms with E-state index in [-0.39, 0.29) is 5.84 Å². The minimum atomic E-state index is 0.277. The average molecular weight is 232 g/mol. The molecule has 0 aliphatic heterocycles. The van der Waals surface area contributed by atoms with Crippen molar-refractivity contribution in [2.75, 3.05) is 5.75 Å². The Morgan fingerprint density at radius 3 is 3.00 bits per heavy atom. The molecular formula is C7H12N4OS2. The van der Waals surface area contributed by atoms with Crippen LogP contribution in [0.2, 0.25) is 0 Å². The predicted molar refractivity (Wildman–Crippen MR) is 58.0 cm³/mol. The van der Waals surface area contributed by atoms with Gasteiger partial charge < -0.3 is 10.9 Å². The summed E-state index contributed by atoms with van der Waals surface area (Å²) >= 11 is 3.23. The SMILES string of the molecule is Cc1nnc(SCCC/C(N)=N/O)s1. The van der Waals surface area contributed by atoms with Crippen molar-refractivity contribution in [1.29, 1.82) is 0 Å². The number of amidine groups is 1. The fourth-order valence-electron chi connectivity index (χ4n) is 0.800. The van der Waals surface area contributed by atoms with Gasteiger partial charge in [-0.1, -0.05) is 28.3 Å². The van der Waals surface area contributed by atoms with Crippen LogP contribution in [0.15, 0.2) is 9.50 Å². The molecule has 0 unspecified atom stereocenters. The third-order valence-corrected chi connectivity index (χ3v) is 3.50. The fourth-order valence-corrected chi connectivity index (χ4v) is 2.62. The van der Waals surface area contributed by atoms with Crippen molar-refractivity contribution in [2.45, 2.75) is 24.1 Å². The fraction of sp³-hybridized carbons (Fsp3) is 0.571. The zero-order valence-corrected chi connectivity index (χ0v) is 9.44. The van der Waals surface area contributed by atoms with Gasteiger partial charge in [0, 0.05) is 12.2 Å². The predicted octanol–water partition coefficient (Wildman–Crippen LogP) is 1.47. The second-order valence-electron chi connectivity index (χ2n) is 2.63. The van der Waals surface area contributed by atoms with Gasteiger partial charge in [-0.05, 0) is 13.3 Å². The van der Waals surface area contributed by atoms with Crippen LogP contribution in [0.3, 0.4) is 0 Å². The molecule has 1 aromatic heterocycles. The van der Waals surface area contributed by atoms with Gasteiger partial charge in [0.1, 0.15) is 10.8 Å². The van der Waals surface area contributed by atoms with Crippen molar-refractivity contribution in [1.82, 2.24) is 10.2 Å². The Labute approximate surface area is 90.4 Å². The summed E-state index contributed by atoms with van der Waals surface area (Å²) in [6, 6.07) is 0. The van der Waals surface area contributed by atoms with Crippen LogP contribution in [0.4, 0.5) is 0 Å². The first-order valence-electron chi connectivity index (χ1n) is 4.11. The van der Waals surface area contributed by atoms with Crippen molar-refractivity contribution >= 4 is 28.9 Å². The summed E-state index contributed by atoms with van der Waals surface area (Å²) < 4.78 is 0.974. The van der Waals surface area contributed by atoms with Gasteiger partial charge in [0.2, 0.25) is 0 Å². The second kappa shape index (κ2) is 5.82. The number of aromatic nitrogens is 2. The lowest BCUT2D eigenvalue weighted by atomic mass is 10.3. The van der Waals surface area contributed by atoms with E-state index in [0.717, 1.165) is 21.5 Å². The molecule has 0 aliphatic carbocycles. The largest absolute Gasteiger partial charge is 0.409 e. The van der Waals surface area contributed by atoms with Gasteiger partial charge in [0.05, 0.1) is 0 Å². The summed E-state index contributed by atoms with van der Waals surface area (Å²) in [4.78, 5) is 0. The number of rotatable bonds is 5. The number of nitrogens with zero attached hydrogens (tertiary/aromatic N) is 3. The lowest BCUT2D eigenvalue weighted by molar-refractivity contribution is 0.317. The van der Waals surface area contributed by atoms with Crippen LogP contribution in [0.5, 0.6) is 0 Å². The molecular weight excluding hydrogens is 220 g/mol. The Kier molecular flexibility index (Phi) is 4.68. The zero-order chi connectivity index (χ0) is 10.4. The molecule has 0 fully saturated rings. The highest BCUT2D eigenvalue weighted by Gasteiger charge is 2.01. The molecule has 0 spiro atoms. The van der Waals surface area contributed by atoms with E-state index in [4.69, 9.17) is 10.9 Å². The lowest BCUT2D eigenvalue weighted by Crippen LogP contribution is -2.11. The van der Waals surface area contributed by atoms with E-state index in [1.54, 1.807) is 23.1 Å². The van der Waals surface area contributed by atoms with E-state index >= 15 is 0 Å². The highest BCUT2D eigenvalue weighted by molar-refractivity contribution is 8.01. The van der Waals surface area contributed by atoms with E-state index in [1.165, 1.54) is 0 Å². The molecule has 0 bridgehead atoms. The lowest BCUT2D eigenvalue weighted by Gasteiger charge is -1.96. The number of thioether (sulfide) groups is 1. The molecule has 0 atom stereocenters. The molecule has 0 radical (unpaired) electrons. The summed E-state index contributed by atoms with van der Waals surface area (Å²) in [6.45, 7) is 1.93. The summed E-state index contributed by atoms with van der Waals surface area (Å²) in [6.07, 6.45) is 1.49. The number of oxime groups is 1. The van der Waals surface area contributed by atoms with E-state index in [2.05, 4.69) is 15.4 Å². The maximum atomic E-state index is 8.29. The first-order chi connectivity index (χ1) is 6.72. The third-order valence-electron chi connectivity index (χ3n) is 1.44. The minimum Gasteiger partial charge on any atom is -0.409 e. The van der Waals surface area contributed by atoms with Gasteiger partial charge in [-0.25, -0.2) is 0 Å². The van der Waals surface area contributed by atoms with Crippen LogP contribution in [-0.4, -0.2) is 27.0 Å². The molecule has 7 heteroatoms. The molecule has 1 aromatic rings. The maximum Gasteiger partial charge on any atom is 0.174 e. The Bertz CT molecular complexity index is 312. The van der Waals surface area contributed by atoms with Crippen LogP contribution in [0.1, 0.15) is 17.8 Å². The topological polar surface area (TPSA) is 84.4 Å². The highest BCUT2D eigenvalue weighted by atomic mass is 32.2. The maximum absolute atomic E-state index is 8.29. The Balaban J connectivity index is 2.16. The van der Waals surface area contributed by atoms with Crippen LogP contribution < -0.4 is 5.73 Å². The van der Waals surface area contributed by atoms with Crippen molar-refractivity contribution in [2.24, 2.45) is 10.9 Å². The molecule has 1 rings (SSSR count). The van der Waals surface area contributed by atoms with Gasteiger partial charge in [0.25, 0.3) is 0 Å². The second-order valence-corrected chi connectivity index (χ2v) is 5.15. The molecule has 0 amide bonds. The summed E-state index contributed by atoms with van der Waals surface area (Å²) in [5, 5.41) is 20.0. The van der Waals surface area contributed by atoms with Crippen molar-refractivity contribution in [3.63, 3.8) is 0 Å². The standard InChI is InChI=1S/C7H12N4OS2/c1-5-9-10-7(14-5)13-4-2-3-6(8)11-12/h12H,2-4H2,1H3,(H2,8,11). The van der Waals surface area contributed by atoms with E-state index in [0.29, 0.717) is 6.42 Å². The zero-order valence-electron chi connectivity index (χ0n) is 7.80. The third kappa shape index (κ3) is 3.93. The molecule has 0 aliphatic rings. The van der Waals surface area contributed by atoms with Gasteiger partial charge in [0.15, 0.2) is 4.34 Å². The number of aryl methyl sites for hydroxylation is 1. The molecule has 3 N–H and O–H groups in total. The molecule has 0 aromatic carbocycles. The Morgan fingerprint density at radius 2 is 2.43 bits per heavy atom. The number of hydrogen-bond acceptors (Lipinski definition) is 6. The van der Waals surface area contributed by atoms with Crippen molar-refractivity contribution in [3.8, 4) is 0 Å². The smallest absolute Gasteiger partial charge is 0.174 e. The Morgan fingerprint density at radius 1 is 1.64 bits per heavy atom. The first-order valence-corrected chi connectivity index (χ1v) is 5.92. The Hall–Kier alpha value is -0.820. The van der Waals surface area contributed by atoms with Crippen molar-refractivity contribution < 1.29 is 5.21 Å². The van der Waals surface area contributed by atoms with Crippen LogP contribution in [-0.2, 0) is 0 Å². The van der Waals surface area contributed by atoms with Crippen LogP contribution >= 0.6 is 23.1 Å². The van der Waals surface area contributed by atoms with Crippen molar-refractivity contribution in [3.05, 3.63) is 5.01 Å². The van der Waals surface area contributed by atoms with Gasteiger partial charge in [-0.15, -0.1) is 10.2 Å². The molecule has 0 saturated carbocycles. The molecule has 5 nitrogen and oxygen atoms in total.